The lowest BCUT2D eigenvalue weighted by Crippen LogP contribution is -2.54. The third kappa shape index (κ3) is 3.66. The Morgan fingerprint density at radius 3 is 2.71 bits per heavy atom. The standard InChI is InChI=1S/C12H24N2O3/c1-3-9-4-5-14(10(6-9)7-13)8-12(2,17)11(15)16/h9-10,17H,3-8,13H2,1-2H3,(H,15,16). The minimum absolute atomic E-state index is 0.153. The Bertz CT molecular complexity index is 268. The second-order valence-electron chi connectivity index (χ2n) is 5.24. The zero-order valence-corrected chi connectivity index (χ0v) is 10.7. The van der Waals surface area contributed by atoms with Gasteiger partial charge in [0.2, 0.25) is 0 Å². The van der Waals surface area contributed by atoms with E-state index in [-0.39, 0.29) is 12.6 Å². The highest BCUT2D eigenvalue weighted by molar-refractivity contribution is 5.76. The molecule has 0 spiro atoms. The predicted molar refractivity (Wildman–Crippen MR) is 65.7 cm³/mol. The molecule has 1 rings (SSSR count). The molecule has 1 saturated heterocycles. The number of carbonyl (C=O) groups is 1. The van der Waals surface area contributed by atoms with Crippen LogP contribution in [0.25, 0.3) is 0 Å². The number of hydrogen-bond donors (Lipinski definition) is 3. The molecule has 3 atom stereocenters. The maximum absolute atomic E-state index is 10.9. The number of carboxylic acid groups (broad SMARTS) is 1. The molecule has 1 heterocycles. The summed E-state index contributed by atoms with van der Waals surface area (Å²) >= 11 is 0. The fraction of sp³-hybridized carbons (Fsp3) is 0.917. The van der Waals surface area contributed by atoms with Crippen molar-refractivity contribution in [1.82, 2.24) is 4.90 Å². The molecule has 0 aromatic rings. The maximum atomic E-state index is 10.9. The zero-order valence-electron chi connectivity index (χ0n) is 10.7. The van der Waals surface area contributed by atoms with E-state index in [1.165, 1.54) is 6.92 Å². The largest absolute Gasteiger partial charge is 0.479 e. The molecule has 17 heavy (non-hydrogen) atoms. The van der Waals surface area contributed by atoms with E-state index < -0.39 is 11.6 Å². The van der Waals surface area contributed by atoms with Crippen LogP contribution in [-0.4, -0.2) is 52.4 Å². The summed E-state index contributed by atoms with van der Waals surface area (Å²) in [7, 11) is 0. The molecule has 0 radical (unpaired) electrons. The van der Waals surface area contributed by atoms with E-state index in [9.17, 15) is 9.90 Å². The molecule has 100 valence electrons. The molecule has 5 nitrogen and oxygen atoms in total. The van der Waals surface area contributed by atoms with Gasteiger partial charge in [-0.05, 0) is 32.2 Å². The predicted octanol–water partition coefficient (Wildman–Crippen LogP) is 0.271. The first-order valence-corrected chi connectivity index (χ1v) is 6.30. The van der Waals surface area contributed by atoms with Gasteiger partial charge in [0.15, 0.2) is 5.60 Å². The Balaban J connectivity index is 2.62. The molecular formula is C12H24N2O3. The lowest BCUT2D eigenvalue weighted by atomic mass is 9.88. The molecule has 1 aliphatic heterocycles. The fourth-order valence-electron chi connectivity index (χ4n) is 2.47. The number of likely N-dealkylation sites (tertiary alicyclic amines) is 1. The van der Waals surface area contributed by atoms with Crippen LogP contribution in [0.4, 0.5) is 0 Å². The third-order valence-corrected chi connectivity index (χ3v) is 3.77. The van der Waals surface area contributed by atoms with Crippen LogP contribution >= 0.6 is 0 Å². The van der Waals surface area contributed by atoms with E-state index in [2.05, 4.69) is 6.92 Å². The van der Waals surface area contributed by atoms with Crippen LogP contribution in [0.5, 0.6) is 0 Å². The Morgan fingerprint density at radius 1 is 1.59 bits per heavy atom. The van der Waals surface area contributed by atoms with Gasteiger partial charge in [-0.15, -0.1) is 0 Å². The number of aliphatic carboxylic acids is 1. The van der Waals surface area contributed by atoms with Crippen LogP contribution in [0, 0.1) is 5.92 Å². The minimum atomic E-state index is -1.69. The number of β-amino-alcohol motifs (C(OH)–C–C–N with tert-alkyl or cyclic N) is 1. The quantitative estimate of drug-likeness (QED) is 0.646. The van der Waals surface area contributed by atoms with Crippen molar-refractivity contribution < 1.29 is 15.0 Å². The first-order chi connectivity index (χ1) is 7.90. The van der Waals surface area contributed by atoms with Crippen molar-refractivity contribution in [2.75, 3.05) is 19.6 Å². The van der Waals surface area contributed by atoms with Gasteiger partial charge in [0.05, 0.1) is 0 Å². The molecule has 0 aromatic heterocycles. The summed E-state index contributed by atoms with van der Waals surface area (Å²) in [6.07, 6.45) is 3.20. The van der Waals surface area contributed by atoms with E-state index in [1.807, 2.05) is 4.90 Å². The molecule has 0 aromatic carbocycles. The number of aliphatic hydroxyl groups is 1. The van der Waals surface area contributed by atoms with Gasteiger partial charge in [-0.1, -0.05) is 13.3 Å². The normalized spacial score (nSPS) is 29.9. The Kier molecular flexibility index (Phi) is 4.91. The average Bonchev–Trinajstić information content (AvgIpc) is 2.29. The number of rotatable bonds is 5. The van der Waals surface area contributed by atoms with E-state index in [0.29, 0.717) is 12.5 Å². The van der Waals surface area contributed by atoms with Crippen LogP contribution in [0.2, 0.25) is 0 Å². The lowest BCUT2D eigenvalue weighted by molar-refractivity contribution is -0.159. The average molecular weight is 244 g/mol. The highest BCUT2D eigenvalue weighted by Gasteiger charge is 2.36. The highest BCUT2D eigenvalue weighted by Crippen LogP contribution is 2.26. The number of hydrogen-bond acceptors (Lipinski definition) is 4. The van der Waals surface area contributed by atoms with Crippen LogP contribution in [0.15, 0.2) is 0 Å². The molecular weight excluding hydrogens is 220 g/mol. The maximum Gasteiger partial charge on any atom is 0.336 e. The summed E-state index contributed by atoms with van der Waals surface area (Å²) in [4.78, 5) is 12.9. The smallest absolute Gasteiger partial charge is 0.336 e. The second-order valence-corrected chi connectivity index (χ2v) is 5.24. The molecule has 3 unspecified atom stereocenters. The SMILES string of the molecule is CCC1CCN(CC(C)(O)C(=O)O)C(CN)C1. The summed E-state index contributed by atoms with van der Waals surface area (Å²) in [5.74, 6) is -0.500. The number of piperidine rings is 1. The minimum Gasteiger partial charge on any atom is -0.479 e. The monoisotopic (exact) mass is 244 g/mol. The number of nitrogens with zero attached hydrogens (tertiary/aromatic N) is 1. The third-order valence-electron chi connectivity index (χ3n) is 3.77. The van der Waals surface area contributed by atoms with E-state index in [0.717, 1.165) is 25.8 Å². The van der Waals surface area contributed by atoms with E-state index in [1.54, 1.807) is 0 Å². The topological polar surface area (TPSA) is 86.8 Å². The second kappa shape index (κ2) is 5.80. The summed E-state index contributed by atoms with van der Waals surface area (Å²) in [5.41, 5.74) is 4.05. The number of carboxylic acids is 1. The van der Waals surface area contributed by atoms with Gasteiger partial charge in [-0.2, -0.15) is 0 Å². The first kappa shape index (κ1) is 14.4. The van der Waals surface area contributed by atoms with Gasteiger partial charge in [0.1, 0.15) is 0 Å². The van der Waals surface area contributed by atoms with Crippen LogP contribution in [0.1, 0.15) is 33.1 Å². The van der Waals surface area contributed by atoms with Crippen molar-refractivity contribution in [3.05, 3.63) is 0 Å². The van der Waals surface area contributed by atoms with Gasteiger partial charge < -0.3 is 15.9 Å². The molecule has 0 amide bonds. The van der Waals surface area contributed by atoms with Crippen molar-refractivity contribution in [2.45, 2.75) is 44.8 Å². The van der Waals surface area contributed by atoms with E-state index in [4.69, 9.17) is 10.8 Å². The van der Waals surface area contributed by atoms with Gasteiger partial charge in [-0.25, -0.2) is 4.79 Å². The molecule has 5 heteroatoms. The van der Waals surface area contributed by atoms with Crippen LogP contribution in [0.3, 0.4) is 0 Å². The van der Waals surface area contributed by atoms with Crippen molar-refractivity contribution in [3.8, 4) is 0 Å². The Hall–Kier alpha value is -0.650. The van der Waals surface area contributed by atoms with Crippen molar-refractivity contribution in [1.29, 1.82) is 0 Å². The molecule has 1 fully saturated rings. The number of nitrogens with two attached hydrogens (primary N) is 1. The zero-order chi connectivity index (χ0) is 13.1. The van der Waals surface area contributed by atoms with Crippen LogP contribution in [-0.2, 0) is 4.79 Å². The Morgan fingerprint density at radius 2 is 2.24 bits per heavy atom. The molecule has 4 N–H and O–H groups in total. The van der Waals surface area contributed by atoms with Crippen molar-refractivity contribution in [3.63, 3.8) is 0 Å². The van der Waals surface area contributed by atoms with Crippen molar-refractivity contribution >= 4 is 5.97 Å². The van der Waals surface area contributed by atoms with E-state index >= 15 is 0 Å². The molecule has 1 aliphatic rings. The van der Waals surface area contributed by atoms with Gasteiger partial charge in [0.25, 0.3) is 0 Å². The summed E-state index contributed by atoms with van der Waals surface area (Å²) in [5, 5.41) is 18.7. The van der Waals surface area contributed by atoms with Gasteiger partial charge in [-0.3, -0.25) is 4.90 Å². The summed E-state index contributed by atoms with van der Waals surface area (Å²) in [6.45, 7) is 5.01. The van der Waals surface area contributed by atoms with Gasteiger partial charge in [0, 0.05) is 19.1 Å². The molecule has 0 saturated carbocycles. The van der Waals surface area contributed by atoms with Crippen molar-refractivity contribution in [2.24, 2.45) is 11.7 Å². The summed E-state index contributed by atoms with van der Waals surface area (Å²) in [6, 6.07) is 0.194. The molecule has 0 aliphatic carbocycles. The summed E-state index contributed by atoms with van der Waals surface area (Å²) < 4.78 is 0. The van der Waals surface area contributed by atoms with Crippen LogP contribution < -0.4 is 5.73 Å². The van der Waals surface area contributed by atoms with Gasteiger partial charge >= 0.3 is 5.97 Å². The first-order valence-electron chi connectivity index (χ1n) is 6.30. The lowest BCUT2D eigenvalue weighted by Gasteiger charge is -2.41. The highest BCUT2D eigenvalue weighted by atomic mass is 16.4. The molecule has 0 bridgehead atoms. The Labute approximate surface area is 103 Å². The fourth-order valence-corrected chi connectivity index (χ4v) is 2.47.